The second-order valence-electron chi connectivity index (χ2n) is 7.48. The van der Waals surface area contributed by atoms with Crippen LogP contribution < -0.4 is 9.41 Å². The van der Waals surface area contributed by atoms with Crippen LogP contribution in [-0.4, -0.2) is 13.3 Å². The van der Waals surface area contributed by atoms with Crippen molar-refractivity contribution in [2.24, 2.45) is 0 Å². The maximum atomic E-state index is 2.65. The van der Waals surface area contributed by atoms with Crippen molar-refractivity contribution in [2.45, 2.75) is 43.8 Å². The largest absolute Gasteiger partial charge is 1.00 e. The summed E-state index contributed by atoms with van der Waals surface area (Å²) >= 11 is -1.95. The molecule has 0 radical (unpaired) electrons. The van der Waals surface area contributed by atoms with Crippen LogP contribution in [0.1, 0.15) is 54.9 Å². The molecule has 2 aliphatic carbocycles. The Labute approximate surface area is 161 Å². The van der Waals surface area contributed by atoms with Crippen molar-refractivity contribution in [3.05, 3.63) is 62.6 Å². The van der Waals surface area contributed by atoms with Crippen molar-refractivity contribution < 1.29 is 25.0 Å². The van der Waals surface area contributed by atoms with Crippen LogP contribution in [-0.2, 0) is 15.6 Å². The van der Waals surface area contributed by atoms with E-state index in [1.54, 1.807) is 16.7 Å². The Morgan fingerprint density at radius 2 is 1.81 bits per heavy atom. The van der Waals surface area contributed by atoms with Gasteiger partial charge >= 0.3 is 152 Å². The van der Waals surface area contributed by atoms with Crippen molar-refractivity contribution >= 4 is 17.3 Å². The van der Waals surface area contributed by atoms with E-state index in [0.717, 1.165) is 4.22 Å². The Morgan fingerprint density at radius 3 is 2.46 bits per heavy atom. The van der Waals surface area contributed by atoms with Gasteiger partial charge in [-0.15, -0.1) is 0 Å². The number of hydrogen-bond donors (Lipinski definition) is 0. The second-order valence-corrected chi connectivity index (χ2v) is 34.4. The predicted octanol–water partition coefficient (Wildman–Crippen LogP) is 1.69. The normalized spacial score (nSPS) is 28.8. The van der Waals surface area contributed by atoms with Gasteiger partial charge in [0, 0.05) is 0 Å². The third-order valence-electron chi connectivity index (χ3n) is 6.23. The van der Waals surface area contributed by atoms with Crippen LogP contribution in [0.15, 0.2) is 51.4 Å². The van der Waals surface area contributed by atoms with Crippen LogP contribution in [0.25, 0.3) is 6.08 Å². The van der Waals surface area contributed by atoms with E-state index in [2.05, 4.69) is 69.7 Å². The molecule has 1 aromatic rings. The average Bonchev–Trinajstić information content (AvgIpc) is 2.97. The van der Waals surface area contributed by atoms with Gasteiger partial charge < -0.3 is 9.41 Å². The maximum absolute atomic E-state index is 2.65. The van der Waals surface area contributed by atoms with Crippen molar-refractivity contribution in [3.8, 4) is 0 Å². The second kappa shape index (κ2) is 8.49. The molecule has 140 valence electrons. The Morgan fingerprint density at radius 1 is 1.12 bits per heavy atom. The molecule has 3 unspecified atom stereocenters. The van der Waals surface area contributed by atoms with Crippen molar-refractivity contribution in [1.82, 2.24) is 0 Å². The third-order valence-corrected chi connectivity index (χ3v) is 48.1. The van der Waals surface area contributed by atoms with E-state index in [1.807, 2.05) is 3.88 Å². The van der Waals surface area contributed by atoms with Gasteiger partial charge in [-0.05, 0) is 0 Å². The van der Waals surface area contributed by atoms with Crippen LogP contribution in [0.4, 0.5) is 0 Å². The zero-order valence-corrected chi connectivity index (χ0v) is 19.4. The van der Waals surface area contributed by atoms with E-state index >= 15 is 0 Å². The van der Waals surface area contributed by atoms with E-state index in [4.69, 9.17) is 0 Å². The first-order chi connectivity index (χ1) is 11.6. The smallest absolute Gasteiger partial charge is 1.00 e. The number of benzene rings is 1. The molecule has 0 N–H and O–H groups in total. The number of unbranched alkanes of at least 4 members (excludes halogenated alkanes) is 1. The molecule has 26 heavy (non-hydrogen) atoms. The average molecular weight is 428 g/mol. The molecular weight excluding hydrogens is 400 g/mol. The Bertz CT molecular complexity index is 761. The van der Waals surface area contributed by atoms with Gasteiger partial charge in [0.2, 0.25) is 0 Å². The zero-order chi connectivity index (χ0) is 16.9. The summed E-state index contributed by atoms with van der Waals surface area (Å²) in [5, 5.41) is 0. The number of rotatable bonds is 5. The molecule has 0 amide bonds. The summed E-state index contributed by atoms with van der Waals surface area (Å²) in [5.74, 6) is 0. The number of fused-ring (bicyclic) bond motifs is 1. The number of halogens is 2. The summed E-state index contributed by atoms with van der Waals surface area (Å²) in [7, 11) is 0. The van der Waals surface area contributed by atoms with Crippen molar-refractivity contribution in [3.63, 3.8) is 0 Å². The minimum absolute atomic E-state index is 0. The fraction of sp³-hybridized carbons (Fsp3) is 0.429. The molecule has 0 saturated carbocycles. The SMILES string of the molecule is CCCCC1=CC(C)=[C]([Ti+2]2([CH]3C=Cc4ccccc43)[P](C)[P]2C)C1.[F-].[F-]. The summed E-state index contributed by atoms with van der Waals surface area (Å²) in [5.41, 5.74) is 7.24. The molecule has 1 aromatic carbocycles. The van der Waals surface area contributed by atoms with Gasteiger partial charge in [-0.2, -0.15) is 0 Å². The Kier molecular flexibility index (Phi) is 7.23. The molecule has 3 aliphatic rings. The summed E-state index contributed by atoms with van der Waals surface area (Å²) in [6, 6.07) is 9.20. The molecule has 0 aromatic heterocycles. The van der Waals surface area contributed by atoms with Crippen molar-refractivity contribution in [1.29, 1.82) is 0 Å². The van der Waals surface area contributed by atoms with Gasteiger partial charge in [-0.1, -0.05) is 0 Å². The topological polar surface area (TPSA) is 0 Å². The molecule has 3 atom stereocenters. The molecule has 0 nitrogen and oxygen atoms in total. The monoisotopic (exact) mass is 428 g/mol. The van der Waals surface area contributed by atoms with Gasteiger partial charge in [0.05, 0.1) is 0 Å². The number of hydrogen-bond acceptors (Lipinski definition) is 0. The first-order valence-corrected chi connectivity index (χ1v) is 19.4. The minimum Gasteiger partial charge on any atom is -1.00 e. The molecule has 1 fully saturated rings. The van der Waals surface area contributed by atoms with Gasteiger partial charge in [0.25, 0.3) is 0 Å². The van der Waals surface area contributed by atoms with Crippen LogP contribution in [0.2, 0.25) is 0 Å². The van der Waals surface area contributed by atoms with Crippen LogP contribution in [0.5, 0.6) is 0 Å². The first kappa shape index (κ1) is 22.2. The molecule has 0 spiro atoms. The first-order valence-electron chi connectivity index (χ1n) is 9.25. The van der Waals surface area contributed by atoms with E-state index in [1.165, 1.54) is 31.2 Å². The summed E-state index contributed by atoms with van der Waals surface area (Å²) < 4.78 is 2.81. The van der Waals surface area contributed by atoms with Gasteiger partial charge in [0.15, 0.2) is 0 Å². The molecule has 4 rings (SSSR count). The fourth-order valence-electron chi connectivity index (χ4n) is 4.84. The van der Waals surface area contributed by atoms with E-state index in [0.29, 0.717) is 11.2 Å². The fourth-order valence-corrected chi connectivity index (χ4v) is 57.3. The number of allylic oxidation sites excluding steroid dienone is 5. The molecule has 0 bridgehead atoms. The van der Waals surface area contributed by atoms with E-state index < -0.39 is 15.6 Å². The third kappa shape index (κ3) is 3.26. The van der Waals surface area contributed by atoms with Crippen LogP contribution in [0.3, 0.4) is 0 Å². The molecule has 1 aliphatic heterocycles. The summed E-state index contributed by atoms with van der Waals surface area (Å²) in [6.07, 6.45) is 13.0. The molecular formula is C21H28F2P2Ti. The maximum Gasteiger partial charge on any atom is -1.00 e. The van der Waals surface area contributed by atoms with Gasteiger partial charge in [-0.3, -0.25) is 0 Å². The van der Waals surface area contributed by atoms with Crippen molar-refractivity contribution in [2.75, 3.05) is 13.3 Å². The van der Waals surface area contributed by atoms with E-state index in [9.17, 15) is 0 Å². The predicted molar refractivity (Wildman–Crippen MR) is 109 cm³/mol. The molecule has 1 heterocycles. The Balaban J connectivity index is 0.00000121. The Hall–Kier alpha value is -0.126. The molecule has 5 heteroatoms. The van der Waals surface area contributed by atoms with E-state index in [-0.39, 0.29) is 9.41 Å². The standard InChI is InChI=1S/C10H15.C9H7.C2H6P2.2FH.Ti/c1-3-4-5-10-7-6-9(2)8-10;1-2-5-9-7-3-6-8(9)4-1;1-3-4-2;;;/h8H,3-5,7H2,1-2H3;1-7H;1-2H3;2*1H;/q;;-2;;;+4/p-2. The zero-order valence-electron chi connectivity index (χ0n) is 16.1. The van der Waals surface area contributed by atoms with Crippen LogP contribution in [0, 0.1) is 0 Å². The minimum atomic E-state index is -1.95. The summed E-state index contributed by atoms with van der Waals surface area (Å²) in [4.78, 5) is 0. The van der Waals surface area contributed by atoms with Gasteiger partial charge in [-0.25, -0.2) is 0 Å². The summed E-state index contributed by atoms with van der Waals surface area (Å²) in [6.45, 7) is 10.0. The molecule has 1 saturated heterocycles. The van der Waals surface area contributed by atoms with Gasteiger partial charge in [0.1, 0.15) is 0 Å². The quantitative estimate of drug-likeness (QED) is 0.495. The van der Waals surface area contributed by atoms with Crippen LogP contribution >= 0.6 is 11.2 Å².